The number of aromatic carboxylic acids is 2. The number of rotatable bonds is 5. The summed E-state index contributed by atoms with van der Waals surface area (Å²) in [5.41, 5.74) is 2.11. The predicted octanol–water partition coefficient (Wildman–Crippen LogP) is 5.30. The van der Waals surface area contributed by atoms with E-state index in [-0.39, 0.29) is 11.1 Å². The van der Waals surface area contributed by atoms with Crippen LogP contribution in [0.2, 0.25) is 0 Å². The third-order valence-electron chi connectivity index (χ3n) is 3.79. The van der Waals surface area contributed by atoms with Crippen molar-refractivity contribution in [2.45, 2.75) is 0 Å². The number of nitrogens with zero attached hydrogens (tertiary/aromatic N) is 2. The second-order valence-electron chi connectivity index (χ2n) is 5.60. The highest BCUT2D eigenvalue weighted by atomic mass is 19.1. The molecule has 0 saturated carbocycles. The zero-order valence-electron chi connectivity index (χ0n) is 13.8. The Morgan fingerprint density at radius 3 is 1.93 bits per heavy atom. The Balaban J connectivity index is 2.03. The maximum Gasteiger partial charge on any atom is 0.335 e. The molecule has 6 nitrogen and oxygen atoms in total. The number of hydrogen-bond acceptors (Lipinski definition) is 4. The lowest BCUT2D eigenvalue weighted by atomic mass is 10.0. The first kappa shape index (κ1) is 17.9. The van der Waals surface area contributed by atoms with Gasteiger partial charge in [-0.2, -0.15) is 5.11 Å². The average molecular weight is 364 g/mol. The fourth-order valence-corrected chi connectivity index (χ4v) is 2.40. The summed E-state index contributed by atoms with van der Waals surface area (Å²) in [4.78, 5) is 22.2. The van der Waals surface area contributed by atoms with Crippen molar-refractivity contribution in [3.8, 4) is 11.1 Å². The molecule has 0 aliphatic carbocycles. The predicted molar refractivity (Wildman–Crippen MR) is 96.4 cm³/mol. The Hall–Kier alpha value is -3.87. The number of benzene rings is 3. The van der Waals surface area contributed by atoms with Gasteiger partial charge in [0, 0.05) is 5.56 Å². The van der Waals surface area contributed by atoms with Gasteiger partial charge >= 0.3 is 11.9 Å². The molecule has 0 atom stereocenters. The summed E-state index contributed by atoms with van der Waals surface area (Å²) >= 11 is 0. The summed E-state index contributed by atoms with van der Waals surface area (Å²) in [6.45, 7) is 0. The van der Waals surface area contributed by atoms with Gasteiger partial charge in [-0.05, 0) is 54.1 Å². The molecule has 0 amide bonds. The molecule has 0 aliphatic rings. The Bertz CT molecular complexity index is 1030. The van der Waals surface area contributed by atoms with Gasteiger partial charge in [0.25, 0.3) is 0 Å². The van der Waals surface area contributed by atoms with Crippen molar-refractivity contribution in [2.75, 3.05) is 0 Å². The van der Waals surface area contributed by atoms with Gasteiger partial charge in [-0.1, -0.05) is 18.2 Å². The van der Waals surface area contributed by atoms with Gasteiger partial charge in [0.1, 0.15) is 5.82 Å². The van der Waals surface area contributed by atoms with E-state index in [1.165, 1.54) is 48.5 Å². The Morgan fingerprint density at radius 2 is 1.33 bits per heavy atom. The summed E-state index contributed by atoms with van der Waals surface area (Å²) in [5.74, 6) is -2.55. The molecule has 0 aliphatic heterocycles. The van der Waals surface area contributed by atoms with Gasteiger partial charge in [-0.15, -0.1) is 5.11 Å². The maximum atomic E-state index is 13.0. The third-order valence-corrected chi connectivity index (χ3v) is 3.79. The molecule has 0 fully saturated rings. The summed E-state index contributed by atoms with van der Waals surface area (Å²) in [6.07, 6.45) is 0. The van der Waals surface area contributed by atoms with Gasteiger partial charge in [0.2, 0.25) is 0 Å². The summed E-state index contributed by atoms with van der Waals surface area (Å²) in [6, 6.07) is 15.9. The number of halogens is 1. The average Bonchev–Trinajstić information content (AvgIpc) is 2.67. The largest absolute Gasteiger partial charge is 0.478 e. The fraction of sp³-hybridized carbons (Fsp3) is 0. The van der Waals surface area contributed by atoms with Gasteiger partial charge in [-0.3, -0.25) is 0 Å². The first-order valence-corrected chi connectivity index (χ1v) is 7.82. The molecule has 7 heteroatoms. The Morgan fingerprint density at radius 1 is 0.741 bits per heavy atom. The monoisotopic (exact) mass is 364 g/mol. The zero-order chi connectivity index (χ0) is 19.4. The Labute approximate surface area is 153 Å². The molecule has 134 valence electrons. The molecule has 3 aromatic rings. The van der Waals surface area contributed by atoms with E-state index in [9.17, 15) is 19.1 Å². The Kier molecular flexibility index (Phi) is 5.03. The molecule has 27 heavy (non-hydrogen) atoms. The van der Waals surface area contributed by atoms with E-state index in [4.69, 9.17) is 5.11 Å². The lowest BCUT2D eigenvalue weighted by molar-refractivity contribution is 0.0686. The van der Waals surface area contributed by atoms with Crippen molar-refractivity contribution >= 4 is 23.3 Å². The van der Waals surface area contributed by atoms with E-state index in [0.29, 0.717) is 22.5 Å². The van der Waals surface area contributed by atoms with Crippen LogP contribution in [0.1, 0.15) is 20.7 Å². The highest BCUT2D eigenvalue weighted by Crippen LogP contribution is 2.33. The second kappa shape index (κ2) is 7.57. The summed E-state index contributed by atoms with van der Waals surface area (Å²) in [7, 11) is 0. The van der Waals surface area contributed by atoms with Crippen LogP contribution in [0.15, 0.2) is 77.0 Å². The number of carboxylic acids is 2. The third kappa shape index (κ3) is 4.21. The molecule has 3 aromatic carbocycles. The first-order valence-electron chi connectivity index (χ1n) is 7.82. The van der Waals surface area contributed by atoms with E-state index >= 15 is 0 Å². The highest BCUT2D eigenvalue weighted by molar-refractivity contribution is 5.92. The standard InChI is InChI=1S/C20H13FN2O4/c21-15-6-8-16(9-7-15)22-23-18-11-14(20(26)27)5-10-17(18)12-1-3-13(4-2-12)19(24)25/h1-11H,(H,24,25)(H,26,27). The van der Waals surface area contributed by atoms with Crippen molar-refractivity contribution in [2.24, 2.45) is 10.2 Å². The minimum Gasteiger partial charge on any atom is -0.478 e. The molecule has 0 spiro atoms. The van der Waals surface area contributed by atoms with E-state index < -0.39 is 17.8 Å². The summed E-state index contributed by atoms with van der Waals surface area (Å²) < 4.78 is 13.0. The molecule has 0 radical (unpaired) electrons. The molecular weight excluding hydrogens is 351 g/mol. The molecule has 0 aromatic heterocycles. The van der Waals surface area contributed by atoms with Gasteiger partial charge in [0.15, 0.2) is 0 Å². The molecular formula is C20H13FN2O4. The van der Waals surface area contributed by atoms with E-state index in [2.05, 4.69) is 10.2 Å². The number of carboxylic acid groups (broad SMARTS) is 2. The van der Waals surface area contributed by atoms with E-state index in [1.807, 2.05) is 0 Å². The van der Waals surface area contributed by atoms with Crippen LogP contribution in [0.4, 0.5) is 15.8 Å². The van der Waals surface area contributed by atoms with Crippen LogP contribution in [0, 0.1) is 5.82 Å². The van der Waals surface area contributed by atoms with Gasteiger partial charge in [0.05, 0.1) is 22.5 Å². The molecule has 0 saturated heterocycles. The van der Waals surface area contributed by atoms with Crippen LogP contribution in [0.25, 0.3) is 11.1 Å². The summed E-state index contributed by atoms with van der Waals surface area (Å²) in [5, 5.41) is 26.3. The maximum absolute atomic E-state index is 13.0. The van der Waals surface area contributed by atoms with Gasteiger partial charge in [-0.25, -0.2) is 14.0 Å². The van der Waals surface area contributed by atoms with Crippen LogP contribution in [-0.4, -0.2) is 22.2 Å². The quantitative estimate of drug-likeness (QED) is 0.600. The highest BCUT2D eigenvalue weighted by Gasteiger charge is 2.11. The molecule has 3 rings (SSSR count). The van der Waals surface area contributed by atoms with Crippen molar-refractivity contribution in [3.05, 3.63) is 83.7 Å². The number of carbonyl (C=O) groups is 2. The molecule has 0 bridgehead atoms. The minimum atomic E-state index is -1.11. The van der Waals surface area contributed by atoms with E-state index in [1.54, 1.807) is 18.2 Å². The van der Waals surface area contributed by atoms with Gasteiger partial charge < -0.3 is 10.2 Å². The van der Waals surface area contributed by atoms with Crippen LogP contribution >= 0.6 is 0 Å². The normalized spacial score (nSPS) is 10.9. The van der Waals surface area contributed by atoms with E-state index in [0.717, 1.165) is 0 Å². The topological polar surface area (TPSA) is 99.3 Å². The smallest absolute Gasteiger partial charge is 0.335 e. The second-order valence-corrected chi connectivity index (χ2v) is 5.60. The lowest BCUT2D eigenvalue weighted by Gasteiger charge is -2.07. The molecule has 0 unspecified atom stereocenters. The van der Waals surface area contributed by atoms with Crippen molar-refractivity contribution in [1.82, 2.24) is 0 Å². The number of azo groups is 1. The van der Waals surface area contributed by atoms with Crippen molar-refractivity contribution < 1.29 is 24.2 Å². The number of hydrogen-bond donors (Lipinski definition) is 2. The van der Waals surface area contributed by atoms with Crippen molar-refractivity contribution in [1.29, 1.82) is 0 Å². The van der Waals surface area contributed by atoms with Crippen molar-refractivity contribution in [3.63, 3.8) is 0 Å². The van der Waals surface area contributed by atoms with Crippen LogP contribution in [-0.2, 0) is 0 Å². The lowest BCUT2D eigenvalue weighted by Crippen LogP contribution is -1.96. The van der Waals surface area contributed by atoms with Crippen LogP contribution in [0.5, 0.6) is 0 Å². The van der Waals surface area contributed by atoms with Crippen LogP contribution < -0.4 is 0 Å². The SMILES string of the molecule is O=C(O)c1ccc(-c2ccc(C(=O)O)cc2N=Nc2ccc(F)cc2)cc1. The first-order chi connectivity index (χ1) is 12.9. The zero-order valence-corrected chi connectivity index (χ0v) is 13.8. The minimum absolute atomic E-state index is 0.0361. The van der Waals surface area contributed by atoms with Crippen LogP contribution in [0.3, 0.4) is 0 Å². The molecule has 0 heterocycles. The fourth-order valence-electron chi connectivity index (χ4n) is 2.40. The molecule has 2 N–H and O–H groups in total.